The highest BCUT2D eigenvalue weighted by atomic mass is 35.5. The van der Waals surface area contributed by atoms with Gasteiger partial charge in [0.15, 0.2) is 0 Å². The largest absolute Gasteiger partial charge is 0.274 e. The van der Waals surface area contributed by atoms with Gasteiger partial charge in [-0.05, 0) is 0 Å². The summed E-state index contributed by atoms with van der Waals surface area (Å²) in [5, 5.41) is 0. The van der Waals surface area contributed by atoms with Crippen LogP contribution in [0.3, 0.4) is 0 Å². The van der Waals surface area contributed by atoms with Gasteiger partial charge in [0, 0.05) is 11.6 Å². The average Bonchev–Trinajstić information content (AvgIpc) is 2.00. The fourth-order valence-electron chi connectivity index (χ4n) is 0.299. The highest BCUT2D eigenvalue weighted by Crippen LogP contribution is 2.30. The Bertz CT molecular complexity index is 143. The zero-order valence-corrected chi connectivity index (χ0v) is 10.5. The van der Waals surface area contributed by atoms with Gasteiger partial charge in [0.05, 0.1) is 0 Å². The van der Waals surface area contributed by atoms with Crippen molar-refractivity contribution in [3.63, 3.8) is 0 Å². The molecule has 0 saturated heterocycles. The summed E-state index contributed by atoms with van der Waals surface area (Å²) >= 11 is 23.9. The Hall–Kier alpha value is 1.53. The molecule has 72 valence electrons. The van der Waals surface area contributed by atoms with Gasteiger partial charge >= 0.3 is 0 Å². The Labute approximate surface area is 99.8 Å². The fraction of sp³-hybridized carbons (Fsp3) is 0.800. The smallest absolute Gasteiger partial charge is 0.247 e. The lowest BCUT2D eigenvalue weighted by molar-refractivity contribution is 0.276. The Kier molecular flexibility index (Phi) is 8.90. The first-order chi connectivity index (χ1) is 5.57. The lowest BCUT2D eigenvalue weighted by Gasteiger charge is -2.06. The van der Waals surface area contributed by atoms with Crippen molar-refractivity contribution in [2.45, 2.75) is 9.55 Å². The van der Waals surface area contributed by atoms with E-state index in [-0.39, 0.29) is 4.45 Å². The number of rotatable bonds is 4. The molecule has 0 spiro atoms. The van der Waals surface area contributed by atoms with Crippen molar-refractivity contribution in [3.8, 4) is 0 Å². The molecule has 0 aliphatic rings. The highest BCUT2D eigenvalue weighted by molar-refractivity contribution is 8.39. The van der Waals surface area contributed by atoms with E-state index in [0.717, 1.165) is 23.5 Å². The first-order valence-corrected chi connectivity index (χ1v) is 6.60. The van der Waals surface area contributed by atoms with Crippen LogP contribution in [0.25, 0.3) is 0 Å². The molecule has 0 saturated carbocycles. The predicted octanol–water partition coefficient (Wildman–Crippen LogP) is 4.18. The number of alkyl halides is 4. The SMILES string of the molecule is O=C(SCCCl)S[C@H](Cl)C(Cl)Cl. The van der Waals surface area contributed by atoms with E-state index in [0.29, 0.717) is 11.6 Å². The van der Waals surface area contributed by atoms with Crippen LogP contribution in [0, 0.1) is 0 Å². The van der Waals surface area contributed by atoms with Gasteiger partial charge in [-0.3, -0.25) is 4.79 Å². The van der Waals surface area contributed by atoms with E-state index in [1.54, 1.807) is 0 Å². The molecule has 1 atom stereocenters. The lowest BCUT2D eigenvalue weighted by Crippen LogP contribution is -2.05. The van der Waals surface area contributed by atoms with Gasteiger partial charge < -0.3 is 0 Å². The van der Waals surface area contributed by atoms with Gasteiger partial charge in [-0.25, -0.2) is 0 Å². The van der Waals surface area contributed by atoms with Gasteiger partial charge in [0.1, 0.15) is 9.55 Å². The van der Waals surface area contributed by atoms with Crippen molar-refractivity contribution in [3.05, 3.63) is 0 Å². The van der Waals surface area contributed by atoms with Crippen LogP contribution in [-0.2, 0) is 0 Å². The second kappa shape index (κ2) is 7.89. The Morgan fingerprint density at radius 1 is 1.33 bits per heavy atom. The molecule has 0 N–H and O–H groups in total. The molecular weight excluding hydrogens is 282 g/mol. The minimum atomic E-state index is -0.739. The molecule has 0 unspecified atom stereocenters. The summed E-state index contributed by atoms with van der Waals surface area (Å²) in [6, 6.07) is 0. The van der Waals surface area contributed by atoms with Crippen molar-refractivity contribution in [1.82, 2.24) is 0 Å². The summed E-state index contributed by atoms with van der Waals surface area (Å²) < 4.78 is -0.703. The molecule has 0 aromatic heterocycles. The maximum Gasteiger partial charge on any atom is 0.247 e. The van der Waals surface area contributed by atoms with Gasteiger partial charge in [-0.1, -0.05) is 23.5 Å². The molecule has 0 aliphatic carbocycles. The van der Waals surface area contributed by atoms with Crippen molar-refractivity contribution >= 4 is 74.4 Å². The number of carbonyl (C=O) groups is 1. The summed E-state index contributed by atoms with van der Waals surface area (Å²) in [5.41, 5.74) is 0. The Morgan fingerprint density at radius 2 is 1.92 bits per heavy atom. The standard InChI is InChI=1S/C5H6Cl4OS2/c6-1-2-11-5(10)12-4(9)3(7)8/h3-4H,1-2H2/t4-/m0/s1. The number of halogens is 4. The first kappa shape index (κ1) is 13.5. The van der Waals surface area contributed by atoms with E-state index in [2.05, 4.69) is 0 Å². The molecule has 0 amide bonds. The number of hydrogen-bond acceptors (Lipinski definition) is 3. The Morgan fingerprint density at radius 3 is 2.33 bits per heavy atom. The monoisotopic (exact) mass is 286 g/mol. The third-order valence-electron chi connectivity index (χ3n) is 0.704. The van der Waals surface area contributed by atoms with Crippen LogP contribution >= 0.6 is 69.9 Å². The van der Waals surface area contributed by atoms with E-state index in [1.165, 1.54) is 0 Å². The molecule has 0 rings (SSSR count). The van der Waals surface area contributed by atoms with E-state index in [9.17, 15) is 4.79 Å². The van der Waals surface area contributed by atoms with Crippen molar-refractivity contribution in [1.29, 1.82) is 0 Å². The van der Waals surface area contributed by atoms with E-state index >= 15 is 0 Å². The van der Waals surface area contributed by atoms with Crippen LogP contribution < -0.4 is 0 Å². The van der Waals surface area contributed by atoms with Gasteiger partial charge in [-0.2, -0.15) is 0 Å². The van der Waals surface area contributed by atoms with E-state index in [4.69, 9.17) is 46.4 Å². The molecule has 0 aromatic rings. The minimum absolute atomic E-state index is 0.109. The first-order valence-electron chi connectivity index (χ1n) is 2.89. The average molecular weight is 288 g/mol. The molecule has 0 aliphatic heterocycles. The second-order valence-electron chi connectivity index (χ2n) is 1.59. The van der Waals surface area contributed by atoms with Crippen molar-refractivity contribution < 1.29 is 4.79 Å². The minimum Gasteiger partial charge on any atom is -0.274 e. The van der Waals surface area contributed by atoms with Crippen molar-refractivity contribution in [2.75, 3.05) is 11.6 Å². The van der Waals surface area contributed by atoms with Crippen LogP contribution in [-0.4, -0.2) is 25.6 Å². The van der Waals surface area contributed by atoms with Gasteiger partial charge in [0.25, 0.3) is 0 Å². The maximum atomic E-state index is 11.0. The topological polar surface area (TPSA) is 17.1 Å². The van der Waals surface area contributed by atoms with Gasteiger partial charge in [-0.15, -0.1) is 46.4 Å². The fourth-order valence-corrected chi connectivity index (χ4v) is 2.60. The van der Waals surface area contributed by atoms with Crippen LogP contribution in [0.5, 0.6) is 0 Å². The Balaban J connectivity index is 3.54. The zero-order valence-electron chi connectivity index (χ0n) is 5.81. The van der Waals surface area contributed by atoms with Crippen LogP contribution in [0.2, 0.25) is 0 Å². The highest BCUT2D eigenvalue weighted by Gasteiger charge is 2.18. The molecule has 0 fully saturated rings. The zero-order chi connectivity index (χ0) is 9.56. The summed E-state index contributed by atoms with van der Waals surface area (Å²) in [6.07, 6.45) is 0. The molecule has 7 heteroatoms. The molecular formula is C5H6Cl4OS2. The van der Waals surface area contributed by atoms with Crippen LogP contribution in [0.1, 0.15) is 0 Å². The molecule has 12 heavy (non-hydrogen) atoms. The van der Waals surface area contributed by atoms with E-state index in [1.807, 2.05) is 0 Å². The van der Waals surface area contributed by atoms with Crippen molar-refractivity contribution in [2.24, 2.45) is 0 Å². The lowest BCUT2D eigenvalue weighted by atomic mass is 10.9. The number of hydrogen-bond donors (Lipinski definition) is 0. The predicted molar refractivity (Wildman–Crippen MR) is 61.3 cm³/mol. The molecule has 1 nitrogen and oxygen atoms in total. The van der Waals surface area contributed by atoms with Crippen LogP contribution in [0.4, 0.5) is 4.79 Å². The number of carbonyl (C=O) groups excluding carboxylic acids is 1. The quantitative estimate of drug-likeness (QED) is 0.722. The molecule has 0 radical (unpaired) electrons. The summed E-state index contributed by atoms with van der Waals surface area (Å²) in [5.74, 6) is 1.02. The van der Waals surface area contributed by atoms with E-state index < -0.39 is 9.55 Å². The maximum absolute atomic E-state index is 11.0. The summed E-state index contributed by atoms with van der Waals surface area (Å²) in [6.45, 7) is 0. The summed E-state index contributed by atoms with van der Waals surface area (Å²) in [4.78, 5) is 10.2. The van der Waals surface area contributed by atoms with Gasteiger partial charge in [0.2, 0.25) is 4.45 Å². The normalized spacial score (nSPS) is 13.4. The number of thioether (sulfide) groups is 2. The molecule has 0 bridgehead atoms. The van der Waals surface area contributed by atoms with Crippen LogP contribution in [0.15, 0.2) is 0 Å². The molecule has 0 aromatic carbocycles. The summed E-state index contributed by atoms with van der Waals surface area (Å²) in [7, 11) is 0. The third-order valence-corrected chi connectivity index (χ3v) is 4.67. The molecule has 0 heterocycles. The third kappa shape index (κ3) is 6.98. The second-order valence-corrected chi connectivity index (χ2v) is 6.30.